The summed E-state index contributed by atoms with van der Waals surface area (Å²) in [7, 11) is 0. The average molecular weight is 321 g/mol. The summed E-state index contributed by atoms with van der Waals surface area (Å²) >= 11 is 0. The van der Waals surface area contributed by atoms with Crippen LogP contribution in [0.3, 0.4) is 0 Å². The second-order valence-electron chi connectivity index (χ2n) is 6.04. The van der Waals surface area contributed by atoms with Crippen LogP contribution in [0.25, 0.3) is 0 Å². The van der Waals surface area contributed by atoms with Gasteiger partial charge in [0.1, 0.15) is 5.75 Å². The summed E-state index contributed by atoms with van der Waals surface area (Å²) in [5.74, 6) is -0.209. The molecule has 0 bridgehead atoms. The number of amides is 1. The van der Waals surface area contributed by atoms with Crippen molar-refractivity contribution >= 4 is 17.6 Å². The van der Waals surface area contributed by atoms with Crippen LogP contribution in [0, 0.1) is 5.41 Å². The van der Waals surface area contributed by atoms with Gasteiger partial charge in [-0.05, 0) is 50.5 Å². The SMILES string of the molecule is CC1(C(=O)Nc2ccc(OCCCC(=O)O)cc2)CCCOC1. The lowest BCUT2D eigenvalue weighted by Gasteiger charge is -2.31. The zero-order chi connectivity index (χ0) is 16.7. The van der Waals surface area contributed by atoms with E-state index in [-0.39, 0.29) is 12.3 Å². The molecule has 1 amide bonds. The van der Waals surface area contributed by atoms with E-state index in [0.29, 0.717) is 31.1 Å². The molecule has 23 heavy (non-hydrogen) atoms. The van der Waals surface area contributed by atoms with Crippen molar-refractivity contribution in [3.8, 4) is 5.75 Å². The van der Waals surface area contributed by atoms with E-state index in [1.165, 1.54) is 0 Å². The Hall–Kier alpha value is -2.08. The number of aliphatic carboxylic acids is 1. The standard InChI is InChI=1S/C17H23NO5/c1-17(9-3-10-22-12-17)16(21)18-13-5-7-14(8-6-13)23-11-2-4-15(19)20/h5-8H,2-4,9-12H2,1H3,(H,18,21)(H,19,20). The van der Waals surface area contributed by atoms with E-state index in [1.807, 2.05) is 6.92 Å². The molecule has 1 aromatic carbocycles. The molecule has 1 saturated heterocycles. The predicted octanol–water partition coefficient (Wildman–Crippen LogP) is 2.69. The number of nitrogens with one attached hydrogen (secondary N) is 1. The van der Waals surface area contributed by atoms with Crippen LogP contribution >= 0.6 is 0 Å². The van der Waals surface area contributed by atoms with Crippen molar-refractivity contribution < 1.29 is 24.2 Å². The fourth-order valence-corrected chi connectivity index (χ4v) is 2.44. The van der Waals surface area contributed by atoms with E-state index in [0.717, 1.165) is 19.4 Å². The van der Waals surface area contributed by atoms with Crippen molar-refractivity contribution in [3.05, 3.63) is 24.3 Å². The highest BCUT2D eigenvalue weighted by Crippen LogP contribution is 2.29. The predicted molar refractivity (Wildman–Crippen MR) is 85.6 cm³/mol. The van der Waals surface area contributed by atoms with Crippen LogP contribution < -0.4 is 10.1 Å². The summed E-state index contributed by atoms with van der Waals surface area (Å²) in [4.78, 5) is 22.8. The summed E-state index contributed by atoms with van der Waals surface area (Å²) in [6, 6.07) is 7.07. The summed E-state index contributed by atoms with van der Waals surface area (Å²) < 4.78 is 10.9. The molecule has 126 valence electrons. The number of hydrogen-bond donors (Lipinski definition) is 2. The van der Waals surface area contributed by atoms with Crippen molar-refractivity contribution in [2.45, 2.75) is 32.6 Å². The molecular formula is C17H23NO5. The molecule has 1 aliphatic heterocycles. The Kier molecular flexibility index (Phi) is 5.98. The van der Waals surface area contributed by atoms with Gasteiger partial charge in [-0.1, -0.05) is 0 Å². The molecule has 0 spiro atoms. The van der Waals surface area contributed by atoms with E-state index in [1.54, 1.807) is 24.3 Å². The highest BCUT2D eigenvalue weighted by molar-refractivity contribution is 5.95. The first-order chi connectivity index (χ1) is 11.0. The number of anilines is 1. The van der Waals surface area contributed by atoms with Gasteiger partial charge in [-0.2, -0.15) is 0 Å². The van der Waals surface area contributed by atoms with Gasteiger partial charge >= 0.3 is 5.97 Å². The third-order valence-electron chi connectivity index (χ3n) is 3.90. The molecule has 1 aliphatic rings. The molecule has 2 rings (SSSR count). The van der Waals surface area contributed by atoms with E-state index >= 15 is 0 Å². The molecule has 0 radical (unpaired) electrons. The maximum Gasteiger partial charge on any atom is 0.303 e. The lowest BCUT2D eigenvalue weighted by atomic mass is 9.84. The van der Waals surface area contributed by atoms with Gasteiger partial charge in [0, 0.05) is 18.7 Å². The lowest BCUT2D eigenvalue weighted by Crippen LogP contribution is -2.40. The van der Waals surface area contributed by atoms with Crippen LogP contribution in [-0.4, -0.2) is 36.8 Å². The second kappa shape index (κ2) is 7.97. The summed E-state index contributed by atoms with van der Waals surface area (Å²) in [5, 5.41) is 11.5. The van der Waals surface area contributed by atoms with Crippen LogP contribution in [0.1, 0.15) is 32.6 Å². The highest BCUT2D eigenvalue weighted by Gasteiger charge is 2.35. The number of rotatable bonds is 7. The zero-order valence-electron chi connectivity index (χ0n) is 13.3. The monoisotopic (exact) mass is 321 g/mol. The smallest absolute Gasteiger partial charge is 0.303 e. The average Bonchev–Trinajstić information content (AvgIpc) is 2.53. The summed E-state index contributed by atoms with van der Waals surface area (Å²) in [6.45, 7) is 3.44. The Balaban J connectivity index is 1.82. The first kappa shape index (κ1) is 17.3. The molecular weight excluding hydrogens is 298 g/mol. The normalized spacial score (nSPS) is 20.7. The maximum atomic E-state index is 12.4. The quantitative estimate of drug-likeness (QED) is 0.754. The van der Waals surface area contributed by atoms with E-state index in [2.05, 4.69) is 5.32 Å². The van der Waals surface area contributed by atoms with Gasteiger partial charge in [0.2, 0.25) is 5.91 Å². The minimum atomic E-state index is -0.827. The number of hydrogen-bond acceptors (Lipinski definition) is 4. The molecule has 2 N–H and O–H groups in total. The molecule has 1 heterocycles. The topological polar surface area (TPSA) is 84.9 Å². The van der Waals surface area contributed by atoms with Gasteiger partial charge in [0.15, 0.2) is 0 Å². The minimum absolute atomic E-state index is 0.0349. The summed E-state index contributed by atoms with van der Waals surface area (Å²) in [5.41, 5.74) is 0.226. The van der Waals surface area contributed by atoms with Crippen LogP contribution in [0.5, 0.6) is 5.75 Å². The molecule has 1 atom stereocenters. The second-order valence-corrected chi connectivity index (χ2v) is 6.04. The third kappa shape index (κ3) is 5.25. The summed E-state index contributed by atoms with van der Waals surface area (Å²) in [6.07, 6.45) is 2.28. The fraction of sp³-hybridized carbons (Fsp3) is 0.529. The lowest BCUT2D eigenvalue weighted by molar-refractivity contribution is -0.137. The Bertz CT molecular complexity index is 534. The van der Waals surface area contributed by atoms with Gasteiger partial charge in [-0.3, -0.25) is 9.59 Å². The number of carboxylic acids is 1. The van der Waals surface area contributed by atoms with E-state index in [4.69, 9.17) is 14.6 Å². The Morgan fingerprint density at radius 2 is 2.09 bits per heavy atom. The van der Waals surface area contributed by atoms with E-state index in [9.17, 15) is 9.59 Å². The molecule has 0 saturated carbocycles. The van der Waals surface area contributed by atoms with Crippen LogP contribution in [-0.2, 0) is 14.3 Å². The molecule has 1 unspecified atom stereocenters. The van der Waals surface area contributed by atoms with Gasteiger partial charge in [-0.15, -0.1) is 0 Å². The maximum absolute atomic E-state index is 12.4. The molecule has 6 heteroatoms. The fourth-order valence-electron chi connectivity index (χ4n) is 2.44. The van der Waals surface area contributed by atoms with Crippen molar-refractivity contribution in [3.63, 3.8) is 0 Å². The van der Waals surface area contributed by atoms with Crippen LogP contribution in [0.2, 0.25) is 0 Å². The molecule has 6 nitrogen and oxygen atoms in total. The molecule has 0 aliphatic carbocycles. The van der Waals surface area contributed by atoms with Crippen molar-refractivity contribution in [2.24, 2.45) is 5.41 Å². The van der Waals surface area contributed by atoms with Gasteiger partial charge in [0.25, 0.3) is 0 Å². The Morgan fingerprint density at radius 1 is 1.35 bits per heavy atom. The molecule has 1 fully saturated rings. The molecule has 0 aromatic heterocycles. The Morgan fingerprint density at radius 3 is 2.70 bits per heavy atom. The Labute approximate surface area is 135 Å². The minimum Gasteiger partial charge on any atom is -0.494 e. The molecule has 1 aromatic rings. The van der Waals surface area contributed by atoms with E-state index < -0.39 is 11.4 Å². The van der Waals surface area contributed by atoms with Gasteiger partial charge < -0.3 is 19.9 Å². The number of carboxylic acid groups (broad SMARTS) is 1. The first-order valence-electron chi connectivity index (χ1n) is 7.83. The third-order valence-corrected chi connectivity index (χ3v) is 3.90. The number of carbonyl (C=O) groups is 2. The van der Waals surface area contributed by atoms with Gasteiger partial charge in [0.05, 0.1) is 18.6 Å². The van der Waals surface area contributed by atoms with Crippen molar-refractivity contribution in [1.82, 2.24) is 0 Å². The van der Waals surface area contributed by atoms with Crippen LogP contribution in [0.4, 0.5) is 5.69 Å². The van der Waals surface area contributed by atoms with Crippen LogP contribution in [0.15, 0.2) is 24.3 Å². The highest BCUT2D eigenvalue weighted by atomic mass is 16.5. The zero-order valence-corrected chi connectivity index (χ0v) is 13.3. The largest absolute Gasteiger partial charge is 0.494 e. The van der Waals surface area contributed by atoms with Gasteiger partial charge in [-0.25, -0.2) is 0 Å². The number of carbonyl (C=O) groups excluding carboxylic acids is 1. The first-order valence-corrected chi connectivity index (χ1v) is 7.83. The van der Waals surface area contributed by atoms with Crippen molar-refractivity contribution in [2.75, 3.05) is 25.1 Å². The number of ether oxygens (including phenoxy) is 2. The van der Waals surface area contributed by atoms with Crippen molar-refractivity contribution in [1.29, 1.82) is 0 Å². The number of benzene rings is 1.